The van der Waals surface area contributed by atoms with Gasteiger partial charge in [0.1, 0.15) is 5.69 Å². The quantitative estimate of drug-likeness (QED) is 0.635. The van der Waals surface area contributed by atoms with Gasteiger partial charge in [0, 0.05) is 12.6 Å². The van der Waals surface area contributed by atoms with E-state index in [9.17, 15) is 10.1 Å². The van der Waals surface area contributed by atoms with Crippen LogP contribution in [0.3, 0.4) is 0 Å². The van der Waals surface area contributed by atoms with Crippen LogP contribution in [0.15, 0.2) is 18.2 Å². The van der Waals surface area contributed by atoms with E-state index < -0.39 is 0 Å². The van der Waals surface area contributed by atoms with Crippen LogP contribution in [0.5, 0.6) is 0 Å². The van der Waals surface area contributed by atoms with Crippen LogP contribution in [-0.4, -0.2) is 11.5 Å². The largest absolute Gasteiger partial charge is 0.379 e. The summed E-state index contributed by atoms with van der Waals surface area (Å²) in [4.78, 5) is 10.7. The van der Waals surface area contributed by atoms with Crippen LogP contribution in [0, 0.1) is 22.5 Å². The number of benzene rings is 1. The van der Waals surface area contributed by atoms with Gasteiger partial charge in [0.25, 0.3) is 5.69 Å². The topological polar surface area (TPSA) is 55.2 Å². The van der Waals surface area contributed by atoms with Crippen molar-refractivity contribution in [3.05, 3.63) is 33.9 Å². The zero-order valence-electron chi connectivity index (χ0n) is 11.0. The van der Waals surface area contributed by atoms with Crippen molar-refractivity contribution < 1.29 is 4.92 Å². The summed E-state index contributed by atoms with van der Waals surface area (Å²) in [6.45, 7) is 4.96. The van der Waals surface area contributed by atoms with Crippen LogP contribution in [0.25, 0.3) is 0 Å². The lowest BCUT2D eigenvalue weighted by molar-refractivity contribution is -0.384. The van der Waals surface area contributed by atoms with Gasteiger partial charge in [0.05, 0.1) is 4.92 Å². The fraction of sp³-hybridized carbons (Fsp3) is 0.571. The first-order chi connectivity index (χ1) is 8.58. The highest BCUT2D eigenvalue weighted by atomic mass is 16.6. The first-order valence-electron chi connectivity index (χ1n) is 6.56. The molecule has 18 heavy (non-hydrogen) atoms. The normalized spacial score (nSPS) is 17.0. The average Bonchev–Trinajstić information content (AvgIpc) is 2.29. The molecule has 4 heteroatoms. The Kier molecular flexibility index (Phi) is 3.55. The van der Waals surface area contributed by atoms with Crippen LogP contribution in [0.4, 0.5) is 11.4 Å². The second kappa shape index (κ2) is 4.96. The first-order valence-corrected chi connectivity index (χ1v) is 6.56. The Hall–Kier alpha value is -1.58. The number of nitro benzene ring substituents is 1. The lowest BCUT2D eigenvalue weighted by atomic mass is 9.67. The molecule has 4 nitrogen and oxygen atoms in total. The summed E-state index contributed by atoms with van der Waals surface area (Å²) in [6.07, 6.45) is 4.89. The summed E-state index contributed by atoms with van der Waals surface area (Å²) in [5.41, 5.74) is 2.16. The highest BCUT2D eigenvalue weighted by molar-refractivity contribution is 5.66. The number of nitro groups is 1. The number of nitrogens with zero attached hydrogens (tertiary/aromatic N) is 1. The Balaban J connectivity index is 2.15. The van der Waals surface area contributed by atoms with E-state index >= 15 is 0 Å². The number of hydrogen-bond acceptors (Lipinski definition) is 3. The van der Waals surface area contributed by atoms with E-state index in [4.69, 9.17) is 0 Å². The Morgan fingerprint density at radius 1 is 1.44 bits per heavy atom. The van der Waals surface area contributed by atoms with Gasteiger partial charge in [-0.25, -0.2) is 0 Å². The molecule has 1 saturated carbocycles. The molecule has 0 aromatic heterocycles. The van der Waals surface area contributed by atoms with E-state index in [-0.39, 0.29) is 10.6 Å². The summed E-state index contributed by atoms with van der Waals surface area (Å²) in [5.74, 6) is 0. The van der Waals surface area contributed by atoms with E-state index in [0.717, 1.165) is 18.5 Å². The maximum Gasteiger partial charge on any atom is 0.292 e. The molecule has 0 bridgehead atoms. The van der Waals surface area contributed by atoms with Gasteiger partial charge in [0.2, 0.25) is 0 Å². The molecule has 0 atom stereocenters. The molecule has 1 aliphatic carbocycles. The van der Waals surface area contributed by atoms with Crippen molar-refractivity contribution in [1.29, 1.82) is 0 Å². The minimum Gasteiger partial charge on any atom is -0.379 e. The van der Waals surface area contributed by atoms with Crippen molar-refractivity contribution in [2.24, 2.45) is 5.41 Å². The Labute approximate surface area is 108 Å². The molecule has 0 spiro atoms. The molecule has 0 amide bonds. The fourth-order valence-electron chi connectivity index (χ4n) is 2.64. The van der Waals surface area contributed by atoms with Crippen molar-refractivity contribution in [2.75, 3.05) is 11.9 Å². The Morgan fingerprint density at radius 3 is 2.67 bits per heavy atom. The van der Waals surface area contributed by atoms with Gasteiger partial charge < -0.3 is 5.32 Å². The molecule has 0 saturated heterocycles. The van der Waals surface area contributed by atoms with Gasteiger partial charge in [-0.1, -0.05) is 25.5 Å². The van der Waals surface area contributed by atoms with Gasteiger partial charge in [-0.15, -0.1) is 0 Å². The zero-order valence-corrected chi connectivity index (χ0v) is 11.0. The van der Waals surface area contributed by atoms with Crippen LogP contribution in [-0.2, 0) is 0 Å². The van der Waals surface area contributed by atoms with E-state index in [1.165, 1.54) is 19.3 Å². The van der Waals surface area contributed by atoms with Gasteiger partial charge in [-0.3, -0.25) is 10.1 Å². The molecule has 1 aromatic rings. The lowest BCUT2D eigenvalue weighted by Crippen LogP contribution is -2.36. The first kappa shape index (κ1) is 12.9. The molecule has 1 fully saturated rings. The minimum atomic E-state index is -0.311. The molecular formula is C14H20N2O2. The average molecular weight is 248 g/mol. The van der Waals surface area contributed by atoms with E-state index in [1.807, 2.05) is 13.0 Å². The highest BCUT2D eigenvalue weighted by Gasteiger charge is 2.35. The highest BCUT2D eigenvalue weighted by Crippen LogP contribution is 2.44. The molecule has 0 radical (unpaired) electrons. The maximum atomic E-state index is 11.0. The van der Waals surface area contributed by atoms with E-state index in [2.05, 4.69) is 12.2 Å². The minimum absolute atomic E-state index is 0.181. The summed E-state index contributed by atoms with van der Waals surface area (Å²) in [7, 11) is 0. The second-order valence-electron chi connectivity index (χ2n) is 5.29. The number of nitrogens with one attached hydrogen (secondary N) is 1. The number of anilines is 1. The molecule has 2 rings (SSSR count). The van der Waals surface area contributed by atoms with Crippen LogP contribution in [0.1, 0.15) is 38.2 Å². The van der Waals surface area contributed by atoms with Crippen molar-refractivity contribution in [3.63, 3.8) is 0 Å². The molecule has 98 valence electrons. The van der Waals surface area contributed by atoms with Crippen molar-refractivity contribution in [1.82, 2.24) is 0 Å². The van der Waals surface area contributed by atoms with Gasteiger partial charge in [-0.2, -0.15) is 0 Å². The van der Waals surface area contributed by atoms with Gasteiger partial charge in [-0.05, 0) is 37.2 Å². The standard InChI is InChI=1S/C14H20N2O2/c1-3-14(8-5-9-14)10-15-13-11(2)6-4-7-12(13)16(17)18/h4,6-7,15H,3,5,8-10H2,1-2H3. The number of rotatable bonds is 5. The Bertz CT molecular complexity index is 448. The lowest BCUT2D eigenvalue weighted by Gasteiger charge is -2.41. The predicted octanol–water partition coefficient (Wildman–Crippen LogP) is 3.90. The number of aryl methyl sites for hydroxylation is 1. The summed E-state index contributed by atoms with van der Waals surface area (Å²) < 4.78 is 0. The second-order valence-corrected chi connectivity index (χ2v) is 5.29. The van der Waals surface area contributed by atoms with Crippen molar-refractivity contribution in [3.8, 4) is 0 Å². The number of hydrogen-bond donors (Lipinski definition) is 1. The summed E-state index contributed by atoms with van der Waals surface area (Å²) in [6, 6.07) is 5.21. The smallest absolute Gasteiger partial charge is 0.292 e. The monoisotopic (exact) mass is 248 g/mol. The molecule has 1 N–H and O–H groups in total. The van der Waals surface area contributed by atoms with Crippen LogP contribution in [0.2, 0.25) is 0 Å². The third-order valence-electron chi connectivity index (χ3n) is 4.25. The third kappa shape index (κ3) is 2.33. The van der Waals surface area contributed by atoms with Crippen molar-refractivity contribution in [2.45, 2.75) is 39.5 Å². The molecule has 0 heterocycles. The van der Waals surface area contributed by atoms with E-state index in [1.54, 1.807) is 12.1 Å². The van der Waals surface area contributed by atoms with Gasteiger partial charge >= 0.3 is 0 Å². The summed E-state index contributed by atoms with van der Waals surface area (Å²) in [5, 5.41) is 14.3. The van der Waals surface area contributed by atoms with Crippen LogP contribution >= 0.6 is 0 Å². The van der Waals surface area contributed by atoms with Gasteiger partial charge in [0.15, 0.2) is 0 Å². The summed E-state index contributed by atoms with van der Waals surface area (Å²) >= 11 is 0. The van der Waals surface area contributed by atoms with E-state index in [0.29, 0.717) is 11.1 Å². The zero-order chi connectivity index (χ0) is 13.2. The molecule has 0 unspecified atom stereocenters. The Morgan fingerprint density at radius 2 is 2.17 bits per heavy atom. The predicted molar refractivity (Wildman–Crippen MR) is 72.9 cm³/mol. The molecule has 1 aliphatic rings. The van der Waals surface area contributed by atoms with Crippen LogP contribution < -0.4 is 5.32 Å². The fourth-order valence-corrected chi connectivity index (χ4v) is 2.64. The molecular weight excluding hydrogens is 228 g/mol. The maximum absolute atomic E-state index is 11.0. The molecule has 0 aliphatic heterocycles. The van der Waals surface area contributed by atoms with Crippen molar-refractivity contribution >= 4 is 11.4 Å². The number of para-hydroxylation sites is 1. The third-order valence-corrected chi connectivity index (χ3v) is 4.25. The molecule has 1 aromatic carbocycles. The SMILES string of the molecule is CCC1(CNc2c(C)cccc2[N+](=O)[O-])CCC1.